The number of nitrogens with zero attached hydrogens (tertiary/aromatic N) is 1. The van der Waals surface area contributed by atoms with E-state index in [1.54, 1.807) is 4.31 Å². The van der Waals surface area contributed by atoms with E-state index in [4.69, 9.17) is 0 Å². The van der Waals surface area contributed by atoms with E-state index in [-0.39, 0.29) is 24.0 Å². The molecule has 7 heteroatoms. The van der Waals surface area contributed by atoms with Gasteiger partial charge in [-0.1, -0.05) is 0 Å². The number of sulfonamides is 1. The summed E-state index contributed by atoms with van der Waals surface area (Å²) in [5, 5.41) is 3.07. The quantitative estimate of drug-likeness (QED) is 0.919. The van der Waals surface area contributed by atoms with Crippen molar-refractivity contribution < 1.29 is 13.2 Å². The predicted octanol–water partition coefficient (Wildman–Crippen LogP) is 1.74. The van der Waals surface area contributed by atoms with Crippen molar-refractivity contribution in [1.29, 1.82) is 0 Å². The van der Waals surface area contributed by atoms with Crippen LogP contribution < -0.4 is 5.32 Å². The van der Waals surface area contributed by atoms with Crippen LogP contribution in [0.1, 0.15) is 40.2 Å². The normalized spacial score (nSPS) is 29.5. The van der Waals surface area contributed by atoms with Gasteiger partial charge in [0.1, 0.15) is 0 Å². The van der Waals surface area contributed by atoms with Gasteiger partial charge in [0.15, 0.2) is 0 Å². The van der Waals surface area contributed by atoms with Crippen molar-refractivity contribution in [1.82, 2.24) is 9.62 Å². The third-order valence-corrected chi connectivity index (χ3v) is 6.71. The van der Waals surface area contributed by atoms with Crippen LogP contribution in [0.25, 0.3) is 0 Å². The van der Waals surface area contributed by atoms with Crippen LogP contribution in [0.15, 0.2) is 12.1 Å². The summed E-state index contributed by atoms with van der Waals surface area (Å²) in [7, 11) is -3.14. The molecule has 1 aromatic heterocycles. The smallest absolute Gasteiger partial charge is 0.261 e. The molecule has 0 aliphatic carbocycles. The Labute approximate surface area is 129 Å². The molecule has 116 valence electrons. The maximum absolute atomic E-state index is 12.2. The number of hydrogen-bond acceptors (Lipinski definition) is 4. The number of rotatable bonds is 3. The molecule has 1 N–H and O–H groups in total. The van der Waals surface area contributed by atoms with Gasteiger partial charge in [0.05, 0.1) is 11.1 Å². The van der Waals surface area contributed by atoms with Gasteiger partial charge in [0.25, 0.3) is 5.91 Å². The maximum atomic E-state index is 12.2. The largest absolute Gasteiger partial charge is 0.348 e. The average molecular weight is 328 g/mol. The second kappa shape index (κ2) is 5.37. The minimum absolute atomic E-state index is 0.0368. The molecule has 0 aromatic carbocycles. The first kappa shape index (κ1) is 15.0. The molecule has 2 aliphatic heterocycles. The first-order valence-corrected chi connectivity index (χ1v) is 9.87. The minimum Gasteiger partial charge on any atom is -0.348 e. The number of thiophene rings is 1. The Hall–Kier alpha value is -0.920. The highest BCUT2D eigenvalue weighted by Gasteiger charge is 2.45. The number of amides is 1. The second-order valence-electron chi connectivity index (χ2n) is 6.03. The molecule has 2 fully saturated rings. The fraction of sp³-hybridized carbons (Fsp3) is 0.643. The Morgan fingerprint density at radius 2 is 1.90 bits per heavy atom. The molecule has 1 aromatic rings. The Morgan fingerprint density at radius 3 is 2.38 bits per heavy atom. The number of fused-ring (bicyclic) bond motifs is 2. The standard InChI is InChI=1S/C14H20N2O3S2/c1-9-3-6-13(20-9)14(17)15-10-7-11-4-5-12(8-10)16(11)21(2,18)19/h3,6,10-12H,4-5,7-8H2,1-2H3,(H,15,17). The first-order valence-electron chi connectivity index (χ1n) is 7.20. The molecule has 2 aliphatic rings. The van der Waals surface area contributed by atoms with Crippen LogP contribution in [-0.2, 0) is 10.0 Å². The first-order chi connectivity index (χ1) is 9.84. The monoisotopic (exact) mass is 328 g/mol. The molecule has 2 saturated heterocycles. The van der Waals surface area contributed by atoms with Crippen molar-refractivity contribution in [3.8, 4) is 0 Å². The van der Waals surface area contributed by atoms with Crippen LogP contribution in [0.4, 0.5) is 0 Å². The highest BCUT2D eigenvalue weighted by Crippen LogP contribution is 2.37. The lowest BCUT2D eigenvalue weighted by Crippen LogP contribution is -2.52. The van der Waals surface area contributed by atoms with Gasteiger partial charge in [-0.05, 0) is 44.7 Å². The van der Waals surface area contributed by atoms with E-state index in [0.29, 0.717) is 0 Å². The molecule has 5 nitrogen and oxygen atoms in total. The van der Waals surface area contributed by atoms with Gasteiger partial charge in [-0.2, -0.15) is 4.31 Å². The zero-order chi connectivity index (χ0) is 15.2. The van der Waals surface area contributed by atoms with Gasteiger partial charge >= 0.3 is 0 Å². The fourth-order valence-electron chi connectivity index (χ4n) is 3.61. The zero-order valence-electron chi connectivity index (χ0n) is 12.2. The van der Waals surface area contributed by atoms with Crippen molar-refractivity contribution in [3.63, 3.8) is 0 Å². The summed E-state index contributed by atoms with van der Waals surface area (Å²) in [6, 6.07) is 3.96. The van der Waals surface area contributed by atoms with Gasteiger partial charge in [0.2, 0.25) is 10.0 Å². The van der Waals surface area contributed by atoms with Gasteiger partial charge in [-0.15, -0.1) is 11.3 Å². The summed E-state index contributed by atoms with van der Waals surface area (Å²) in [6.45, 7) is 1.98. The topological polar surface area (TPSA) is 66.5 Å². The van der Waals surface area contributed by atoms with Crippen LogP contribution in [-0.4, -0.2) is 43.0 Å². The average Bonchev–Trinajstić information content (AvgIpc) is 2.92. The van der Waals surface area contributed by atoms with Gasteiger partial charge < -0.3 is 5.32 Å². The lowest BCUT2D eigenvalue weighted by molar-refractivity contribution is 0.0913. The highest BCUT2D eigenvalue weighted by molar-refractivity contribution is 7.88. The summed E-state index contributed by atoms with van der Waals surface area (Å²) in [5.41, 5.74) is 0. The number of hydrogen-bond donors (Lipinski definition) is 1. The summed E-state index contributed by atoms with van der Waals surface area (Å²) >= 11 is 1.49. The summed E-state index contributed by atoms with van der Waals surface area (Å²) in [6.07, 6.45) is 4.54. The van der Waals surface area contributed by atoms with E-state index in [2.05, 4.69) is 5.32 Å². The maximum Gasteiger partial charge on any atom is 0.261 e. The SMILES string of the molecule is Cc1ccc(C(=O)NC2CC3CCC(C2)N3S(C)(=O)=O)s1. The molecular weight excluding hydrogens is 308 g/mol. The molecule has 0 spiro atoms. The molecule has 21 heavy (non-hydrogen) atoms. The van der Waals surface area contributed by atoms with Crippen LogP contribution in [0.5, 0.6) is 0 Å². The third kappa shape index (κ3) is 3.00. The molecular formula is C14H20N2O3S2. The van der Waals surface area contributed by atoms with Crippen molar-refractivity contribution in [3.05, 3.63) is 21.9 Å². The molecule has 2 atom stereocenters. The minimum atomic E-state index is -3.14. The lowest BCUT2D eigenvalue weighted by Gasteiger charge is -2.37. The van der Waals surface area contributed by atoms with Gasteiger partial charge in [-0.3, -0.25) is 4.79 Å². The number of carbonyl (C=O) groups is 1. The van der Waals surface area contributed by atoms with Gasteiger partial charge in [0, 0.05) is 23.0 Å². The molecule has 2 bridgehead atoms. The second-order valence-corrected chi connectivity index (χ2v) is 9.21. The molecule has 0 saturated carbocycles. The zero-order valence-corrected chi connectivity index (χ0v) is 13.8. The van der Waals surface area contributed by atoms with Crippen LogP contribution in [0.2, 0.25) is 0 Å². The van der Waals surface area contributed by atoms with E-state index in [0.717, 1.165) is 35.4 Å². The van der Waals surface area contributed by atoms with Crippen molar-refractivity contribution in [2.45, 2.75) is 50.7 Å². The Balaban J connectivity index is 1.67. The van der Waals surface area contributed by atoms with Crippen LogP contribution in [0, 0.1) is 6.92 Å². The van der Waals surface area contributed by atoms with E-state index in [9.17, 15) is 13.2 Å². The Kier molecular flexibility index (Phi) is 3.83. The van der Waals surface area contributed by atoms with Gasteiger partial charge in [-0.25, -0.2) is 8.42 Å². The Morgan fingerprint density at radius 1 is 1.29 bits per heavy atom. The van der Waals surface area contributed by atoms with Crippen molar-refractivity contribution in [2.24, 2.45) is 0 Å². The van der Waals surface area contributed by atoms with Crippen molar-refractivity contribution in [2.75, 3.05) is 6.26 Å². The van der Waals surface area contributed by atoms with E-state index in [1.807, 2.05) is 19.1 Å². The molecule has 0 radical (unpaired) electrons. The van der Waals surface area contributed by atoms with Crippen molar-refractivity contribution >= 4 is 27.3 Å². The predicted molar refractivity (Wildman–Crippen MR) is 83.0 cm³/mol. The number of aryl methyl sites for hydroxylation is 1. The number of nitrogens with one attached hydrogen (secondary N) is 1. The molecule has 3 rings (SSSR count). The summed E-state index contributed by atoms with van der Waals surface area (Å²) in [5.74, 6) is -0.0368. The summed E-state index contributed by atoms with van der Waals surface area (Å²) < 4.78 is 25.3. The molecule has 1 amide bonds. The number of piperidine rings is 1. The van der Waals surface area contributed by atoms with E-state index in [1.165, 1.54) is 17.6 Å². The molecule has 3 heterocycles. The van der Waals surface area contributed by atoms with Crippen LogP contribution >= 0.6 is 11.3 Å². The van der Waals surface area contributed by atoms with E-state index < -0.39 is 10.0 Å². The van der Waals surface area contributed by atoms with E-state index >= 15 is 0 Å². The fourth-order valence-corrected chi connectivity index (χ4v) is 5.84. The lowest BCUT2D eigenvalue weighted by atomic mass is 10.00. The summed E-state index contributed by atoms with van der Waals surface area (Å²) in [4.78, 5) is 14.1. The van der Waals surface area contributed by atoms with Crippen LogP contribution in [0.3, 0.4) is 0 Å². The number of carbonyl (C=O) groups excluding carboxylic acids is 1. The Bertz CT molecular complexity index is 639. The third-order valence-electron chi connectivity index (χ3n) is 4.35. The molecule has 2 unspecified atom stereocenters. The highest BCUT2D eigenvalue weighted by atomic mass is 32.2.